The van der Waals surface area contributed by atoms with E-state index in [9.17, 15) is 0 Å². The topological polar surface area (TPSA) is 38.7 Å². The van der Waals surface area contributed by atoms with E-state index < -0.39 is 5.41 Å². The van der Waals surface area contributed by atoms with Crippen molar-refractivity contribution in [3.05, 3.63) is 344 Å². The lowest BCUT2D eigenvalue weighted by Gasteiger charge is -2.30. The number of hydrogen-bond donors (Lipinski definition) is 0. The van der Waals surface area contributed by atoms with Crippen LogP contribution in [-0.4, -0.2) is 15.0 Å². The summed E-state index contributed by atoms with van der Waals surface area (Å²) in [5, 5.41) is 4.75. The first-order valence-electron chi connectivity index (χ1n) is 29.9. The Morgan fingerprint density at radius 2 is 0.517 bits per heavy atom. The second-order valence-corrected chi connectivity index (χ2v) is 23.0. The number of aromatic nitrogens is 3. The molecule has 15 aromatic rings. The van der Waals surface area contributed by atoms with E-state index in [2.05, 4.69) is 322 Å². The van der Waals surface area contributed by atoms with Crippen LogP contribution in [0.1, 0.15) is 22.3 Å². The Morgan fingerprint density at radius 3 is 1.00 bits per heavy atom. The molecule has 14 aromatic carbocycles. The molecule has 0 N–H and O–H groups in total. The van der Waals surface area contributed by atoms with Gasteiger partial charge in [-0.1, -0.05) is 273 Å². The summed E-state index contributed by atoms with van der Waals surface area (Å²) in [6.07, 6.45) is 0. The van der Waals surface area contributed by atoms with Gasteiger partial charge in [-0.25, -0.2) is 15.0 Å². The minimum absolute atomic E-state index is 0.524. The summed E-state index contributed by atoms with van der Waals surface area (Å²) < 4.78 is 0. The Hall–Kier alpha value is -11.4. The first-order chi connectivity index (χ1) is 43.1. The van der Waals surface area contributed by atoms with Crippen LogP contribution in [0.5, 0.6) is 0 Å². The van der Waals surface area contributed by atoms with Gasteiger partial charge in [0.2, 0.25) is 0 Å². The fourth-order valence-electron chi connectivity index (χ4n) is 14.2. The molecule has 0 saturated carbocycles. The molecule has 2 aliphatic carbocycles. The summed E-state index contributed by atoms with van der Waals surface area (Å²) in [6, 6.07) is 117. The zero-order valence-electron chi connectivity index (χ0n) is 47.4. The lowest BCUT2D eigenvalue weighted by atomic mass is 9.70. The van der Waals surface area contributed by atoms with Crippen LogP contribution in [0.2, 0.25) is 0 Å². The van der Waals surface area contributed by atoms with E-state index in [0.717, 1.165) is 44.5 Å². The second-order valence-electron chi connectivity index (χ2n) is 23.0. The van der Waals surface area contributed by atoms with Crippen LogP contribution in [0.25, 0.3) is 145 Å². The van der Waals surface area contributed by atoms with E-state index in [1.54, 1.807) is 0 Å². The van der Waals surface area contributed by atoms with Crippen molar-refractivity contribution < 1.29 is 0 Å². The van der Waals surface area contributed by atoms with E-state index >= 15 is 0 Å². The summed E-state index contributed by atoms with van der Waals surface area (Å²) in [5.41, 5.74) is 26.1. The molecule has 0 atom stereocenters. The predicted octanol–water partition coefficient (Wildman–Crippen LogP) is 21.5. The molecule has 404 valence electrons. The molecule has 0 amide bonds. The molecule has 2 aliphatic rings. The van der Waals surface area contributed by atoms with Gasteiger partial charge < -0.3 is 0 Å². The first kappa shape index (κ1) is 50.2. The van der Waals surface area contributed by atoms with Gasteiger partial charge in [0, 0.05) is 16.7 Å². The van der Waals surface area contributed by atoms with E-state index in [1.165, 1.54) is 105 Å². The molecular weight excluding hydrogens is 1050 g/mol. The maximum atomic E-state index is 5.59. The van der Waals surface area contributed by atoms with Gasteiger partial charge in [0.15, 0.2) is 17.5 Å². The molecule has 1 spiro atoms. The summed E-state index contributed by atoms with van der Waals surface area (Å²) in [6.45, 7) is 0. The minimum Gasteiger partial charge on any atom is -0.208 e. The molecule has 3 nitrogen and oxygen atoms in total. The third-order valence-corrected chi connectivity index (χ3v) is 18.1. The predicted molar refractivity (Wildman–Crippen MR) is 360 cm³/mol. The smallest absolute Gasteiger partial charge is 0.164 e. The Morgan fingerprint density at radius 1 is 0.184 bits per heavy atom. The number of fused-ring (bicyclic) bond motifs is 12. The molecular formula is C84H53N3. The zero-order valence-corrected chi connectivity index (χ0v) is 47.4. The van der Waals surface area contributed by atoms with Gasteiger partial charge in [0.25, 0.3) is 0 Å². The average Bonchev–Trinajstić information content (AvgIpc) is 1.58. The second kappa shape index (κ2) is 20.4. The number of hydrogen-bond acceptors (Lipinski definition) is 3. The van der Waals surface area contributed by atoms with Gasteiger partial charge >= 0.3 is 0 Å². The molecule has 0 aliphatic heterocycles. The molecule has 0 unspecified atom stereocenters. The molecule has 0 bridgehead atoms. The molecule has 87 heavy (non-hydrogen) atoms. The molecule has 0 saturated heterocycles. The number of benzene rings is 14. The van der Waals surface area contributed by atoms with Crippen molar-refractivity contribution >= 4 is 21.5 Å². The van der Waals surface area contributed by atoms with Gasteiger partial charge in [-0.05, 0) is 181 Å². The molecule has 0 radical (unpaired) electrons. The Balaban J connectivity index is 0.842. The van der Waals surface area contributed by atoms with Crippen LogP contribution in [0.4, 0.5) is 0 Å². The van der Waals surface area contributed by atoms with E-state index in [-0.39, 0.29) is 0 Å². The van der Waals surface area contributed by atoms with Crippen LogP contribution in [0.15, 0.2) is 322 Å². The Labute approximate surface area is 505 Å². The minimum atomic E-state index is -0.524. The van der Waals surface area contributed by atoms with E-state index in [0.29, 0.717) is 17.5 Å². The van der Waals surface area contributed by atoms with Crippen molar-refractivity contribution in [1.82, 2.24) is 15.0 Å². The maximum absolute atomic E-state index is 5.59. The van der Waals surface area contributed by atoms with Crippen molar-refractivity contribution in [2.24, 2.45) is 0 Å². The van der Waals surface area contributed by atoms with E-state index in [4.69, 9.17) is 15.0 Å². The average molecular weight is 1100 g/mol. The highest BCUT2D eigenvalue weighted by Gasteiger charge is 2.52. The highest BCUT2D eigenvalue weighted by molar-refractivity contribution is 6.04. The fourth-order valence-corrected chi connectivity index (χ4v) is 14.2. The lowest BCUT2D eigenvalue weighted by molar-refractivity contribution is 0.794. The van der Waals surface area contributed by atoms with Crippen LogP contribution in [-0.2, 0) is 5.41 Å². The SMILES string of the molecule is c1ccc(-c2cc(-c3ccccc3)c3ccc(-c4cccc(-c5nc(-c6cccc(-c7ccc8c(-c9ccccc9)cc(-c9ccccc9)cc8c7)c6)nc(-c6cccc7c6-c6ccccc6C76c7ccccc7-c7ccccc76)n5)c4)cc3c2)cc1. The van der Waals surface area contributed by atoms with Gasteiger partial charge in [-0.15, -0.1) is 0 Å². The fraction of sp³-hybridized carbons (Fsp3) is 0.0119. The standard InChI is InChI=1S/C84H53N3/c1-5-22-54(23-6-1)64-50-66-48-60(42-44-68(66)74(52-64)56-26-9-3-10-27-56)58-30-19-32-62(46-58)81-85-82(63-33-20-31-59(47-63)61-43-45-69-67(49-61)51-65(55-24-7-2-8-25-55)53-75(69)57-28-11-4-12-29-57)87-83(86-81)73-37-21-41-79-80(73)72-36-15-18-40-78(72)84(79)76-38-16-13-34-70(76)71-35-14-17-39-77(71)84/h1-53H. The maximum Gasteiger partial charge on any atom is 0.164 e. The van der Waals surface area contributed by atoms with Crippen LogP contribution < -0.4 is 0 Å². The van der Waals surface area contributed by atoms with Crippen molar-refractivity contribution in [3.63, 3.8) is 0 Å². The molecule has 17 rings (SSSR count). The van der Waals surface area contributed by atoms with Crippen molar-refractivity contribution in [2.75, 3.05) is 0 Å². The zero-order chi connectivity index (χ0) is 57.4. The number of nitrogens with zero attached hydrogens (tertiary/aromatic N) is 3. The van der Waals surface area contributed by atoms with Crippen LogP contribution in [0, 0.1) is 0 Å². The van der Waals surface area contributed by atoms with Gasteiger partial charge in [0.1, 0.15) is 0 Å². The monoisotopic (exact) mass is 1100 g/mol. The van der Waals surface area contributed by atoms with Crippen molar-refractivity contribution in [1.29, 1.82) is 0 Å². The first-order valence-corrected chi connectivity index (χ1v) is 29.9. The highest BCUT2D eigenvalue weighted by Crippen LogP contribution is 2.64. The van der Waals surface area contributed by atoms with Gasteiger partial charge in [-0.3, -0.25) is 0 Å². The largest absolute Gasteiger partial charge is 0.208 e. The Bertz CT molecular complexity index is 4930. The summed E-state index contributed by atoms with van der Waals surface area (Å²) in [7, 11) is 0. The molecule has 1 heterocycles. The summed E-state index contributed by atoms with van der Waals surface area (Å²) in [4.78, 5) is 16.7. The Kier molecular flexibility index (Phi) is 11.8. The third kappa shape index (κ3) is 8.31. The summed E-state index contributed by atoms with van der Waals surface area (Å²) in [5.74, 6) is 1.82. The third-order valence-electron chi connectivity index (χ3n) is 18.1. The quantitative estimate of drug-likeness (QED) is 0.145. The molecule has 3 heteroatoms. The highest BCUT2D eigenvalue weighted by atomic mass is 15.0. The van der Waals surface area contributed by atoms with Crippen LogP contribution >= 0.6 is 0 Å². The van der Waals surface area contributed by atoms with Crippen LogP contribution in [0.3, 0.4) is 0 Å². The van der Waals surface area contributed by atoms with Gasteiger partial charge in [0.05, 0.1) is 5.41 Å². The molecule has 0 fully saturated rings. The number of rotatable bonds is 9. The lowest BCUT2D eigenvalue weighted by Crippen LogP contribution is -2.25. The van der Waals surface area contributed by atoms with Gasteiger partial charge in [-0.2, -0.15) is 0 Å². The molecule has 1 aromatic heterocycles. The van der Waals surface area contributed by atoms with E-state index in [1.807, 2.05) is 0 Å². The summed E-state index contributed by atoms with van der Waals surface area (Å²) >= 11 is 0. The van der Waals surface area contributed by atoms with Crippen molar-refractivity contribution in [3.8, 4) is 123 Å². The van der Waals surface area contributed by atoms with Crippen molar-refractivity contribution in [2.45, 2.75) is 5.41 Å². The normalized spacial score (nSPS) is 12.5.